The van der Waals surface area contributed by atoms with E-state index in [2.05, 4.69) is 0 Å². The molecule has 0 aliphatic carbocycles. The molecule has 0 unspecified atom stereocenters. The minimum Gasteiger partial charge on any atom is -0.486 e. The predicted octanol–water partition coefficient (Wildman–Crippen LogP) is 4.13. The van der Waals surface area contributed by atoms with Crippen LogP contribution in [0.5, 0.6) is 5.75 Å². The molecule has 5 heteroatoms. The highest BCUT2D eigenvalue weighted by Gasteiger charge is 2.09. The SMILES string of the molecule is OCc1cccc(Cl)c1OCc1sccc1Cl. The molecule has 1 aromatic heterocycles. The summed E-state index contributed by atoms with van der Waals surface area (Å²) in [5.74, 6) is 0.515. The van der Waals surface area contributed by atoms with E-state index in [1.54, 1.807) is 18.2 Å². The fourth-order valence-electron chi connectivity index (χ4n) is 1.41. The fraction of sp³-hybridized carbons (Fsp3) is 0.167. The number of para-hydroxylation sites is 1. The second-order valence-electron chi connectivity index (χ2n) is 3.37. The maximum atomic E-state index is 9.19. The van der Waals surface area contributed by atoms with Crippen molar-refractivity contribution in [3.8, 4) is 5.75 Å². The maximum absolute atomic E-state index is 9.19. The minimum absolute atomic E-state index is 0.103. The summed E-state index contributed by atoms with van der Waals surface area (Å²) in [5.41, 5.74) is 0.671. The summed E-state index contributed by atoms with van der Waals surface area (Å²) in [4.78, 5) is 0.940. The zero-order valence-corrected chi connectivity index (χ0v) is 11.1. The Morgan fingerprint density at radius 1 is 1.18 bits per heavy atom. The van der Waals surface area contributed by atoms with Gasteiger partial charge in [0.1, 0.15) is 12.4 Å². The van der Waals surface area contributed by atoms with Crippen molar-refractivity contribution in [1.82, 2.24) is 0 Å². The van der Waals surface area contributed by atoms with E-state index < -0.39 is 0 Å². The van der Waals surface area contributed by atoms with Crippen LogP contribution in [0.4, 0.5) is 0 Å². The average molecular weight is 289 g/mol. The van der Waals surface area contributed by atoms with Gasteiger partial charge in [0.25, 0.3) is 0 Å². The van der Waals surface area contributed by atoms with E-state index in [1.165, 1.54) is 11.3 Å². The van der Waals surface area contributed by atoms with Crippen LogP contribution in [0.3, 0.4) is 0 Å². The van der Waals surface area contributed by atoms with Crippen LogP contribution in [-0.4, -0.2) is 5.11 Å². The Morgan fingerprint density at radius 2 is 2.00 bits per heavy atom. The smallest absolute Gasteiger partial charge is 0.143 e. The summed E-state index contributed by atoms with van der Waals surface area (Å²) in [7, 11) is 0. The molecule has 0 atom stereocenters. The molecule has 0 saturated carbocycles. The van der Waals surface area contributed by atoms with Crippen LogP contribution in [-0.2, 0) is 13.2 Å². The van der Waals surface area contributed by atoms with Crippen LogP contribution in [0.2, 0.25) is 10.0 Å². The van der Waals surface area contributed by atoms with Crippen LogP contribution in [0, 0.1) is 0 Å². The van der Waals surface area contributed by atoms with Gasteiger partial charge in [-0.1, -0.05) is 35.3 Å². The Kier molecular flexibility index (Phi) is 4.29. The van der Waals surface area contributed by atoms with Crippen LogP contribution in [0.1, 0.15) is 10.4 Å². The largest absolute Gasteiger partial charge is 0.486 e. The minimum atomic E-state index is -0.103. The molecule has 90 valence electrons. The van der Waals surface area contributed by atoms with Crippen LogP contribution >= 0.6 is 34.5 Å². The first-order valence-corrected chi connectivity index (χ1v) is 6.59. The molecule has 2 rings (SSSR count). The highest BCUT2D eigenvalue weighted by atomic mass is 35.5. The van der Waals surface area contributed by atoms with E-state index in [1.807, 2.05) is 11.4 Å². The number of hydrogen-bond acceptors (Lipinski definition) is 3. The molecule has 17 heavy (non-hydrogen) atoms. The maximum Gasteiger partial charge on any atom is 0.143 e. The third-order valence-electron chi connectivity index (χ3n) is 2.26. The third kappa shape index (κ3) is 2.93. The first-order chi connectivity index (χ1) is 8.22. The first kappa shape index (κ1) is 12.7. The van der Waals surface area contributed by atoms with Crippen LogP contribution in [0.25, 0.3) is 0 Å². The summed E-state index contributed by atoms with van der Waals surface area (Å²) in [6, 6.07) is 7.10. The van der Waals surface area contributed by atoms with Gasteiger partial charge in [-0.2, -0.15) is 0 Å². The normalized spacial score (nSPS) is 10.5. The van der Waals surface area contributed by atoms with Gasteiger partial charge in [-0.3, -0.25) is 0 Å². The highest BCUT2D eigenvalue weighted by molar-refractivity contribution is 7.10. The lowest BCUT2D eigenvalue weighted by Crippen LogP contribution is -1.98. The van der Waals surface area contributed by atoms with Gasteiger partial charge in [0.15, 0.2) is 0 Å². The number of aliphatic hydroxyl groups excluding tert-OH is 1. The zero-order chi connectivity index (χ0) is 12.3. The molecular formula is C12H10Cl2O2S. The Hall–Kier alpha value is -0.740. The van der Waals surface area contributed by atoms with Gasteiger partial charge in [-0.05, 0) is 17.5 Å². The van der Waals surface area contributed by atoms with E-state index in [9.17, 15) is 5.11 Å². The van der Waals surface area contributed by atoms with Crippen molar-refractivity contribution < 1.29 is 9.84 Å². The lowest BCUT2D eigenvalue weighted by Gasteiger charge is -2.11. The van der Waals surface area contributed by atoms with Crippen molar-refractivity contribution >= 4 is 34.5 Å². The monoisotopic (exact) mass is 288 g/mol. The molecule has 0 aliphatic heterocycles. The van der Waals surface area contributed by atoms with E-state index in [-0.39, 0.29) is 6.61 Å². The van der Waals surface area contributed by atoms with Crippen LogP contribution < -0.4 is 4.74 Å². The summed E-state index contributed by atoms with van der Waals surface area (Å²) in [5, 5.41) is 12.3. The van der Waals surface area contributed by atoms with Crippen molar-refractivity contribution in [3.63, 3.8) is 0 Å². The highest BCUT2D eigenvalue weighted by Crippen LogP contribution is 2.31. The van der Waals surface area contributed by atoms with Gasteiger partial charge < -0.3 is 9.84 Å². The van der Waals surface area contributed by atoms with Gasteiger partial charge in [-0.15, -0.1) is 11.3 Å². The van der Waals surface area contributed by atoms with Gasteiger partial charge in [0.05, 0.1) is 21.5 Å². The van der Waals surface area contributed by atoms with Gasteiger partial charge in [0, 0.05) is 5.56 Å². The van der Waals surface area contributed by atoms with Crippen LogP contribution in [0.15, 0.2) is 29.6 Å². The second-order valence-corrected chi connectivity index (χ2v) is 5.18. The molecule has 0 aliphatic rings. The number of aliphatic hydroxyl groups is 1. The van der Waals surface area contributed by atoms with E-state index >= 15 is 0 Å². The number of benzene rings is 1. The van der Waals surface area contributed by atoms with Crippen molar-refractivity contribution in [1.29, 1.82) is 0 Å². The molecule has 1 aromatic carbocycles. The topological polar surface area (TPSA) is 29.5 Å². The molecule has 0 spiro atoms. The Bertz CT molecular complexity index is 511. The van der Waals surface area contributed by atoms with Gasteiger partial charge in [-0.25, -0.2) is 0 Å². The summed E-state index contributed by atoms with van der Waals surface area (Å²) in [6.07, 6.45) is 0. The molecule has 1 heterocycles. The predicted molar refractivity (Wildman–Crippen MR) is 71.0 cm³/mol. The third-order valence-corrected chi connectivity index (χ3v) is 3.92. The summed E-state index contributed by atoms with van der Waals surface area (Å²) >= 11 is 13.5. The Balaban J connectivity index is 2.16. The quantitative estimate of drug-likeness (QED) is 0.917. The average Bonchev–Trinajstić information content (AvgIpc) is 2.73. The summed E-state index contributed by atoms with van der Waals surface area (Å²) in [6.45, 7) is 0.251. The lowest BCUT2D eigenvalue weighted by atomic mass is 10.2. The standard InChI is InChI=1S/C12H10Cl2O2S/c13-9-4-5-17-11(9)7-16-12-8(6-15)2-1-3-10(12)14/h1-5,15H,6-7H2. The number of thiophene rings is 1. The Morgan fingerprint density at radius 3 is 2.65 bits per heavy atom. The van der Waals surface area contributed by atoms with Crippen molar-refractivity contribution in [2.24, 2.45) is 0 Å². The van der Waals surface area contributed by atoms with Crippen molar-refractivity contribution in [2.45, 2.75) is 13.2 Å². The molecule has 0 amide bonds. The molecule has 2 aromatic rings. The van der Waals surface area contributed by atoms with E-state index in [4.69, 9.17) is 27.9 Å². The molecule has 0 radical (unpaired) electrons. The lowest BCUT2D eigenvalue weighted by molar-refractivity contribution is 0.260. The van der Waals surface area contributed by atoms with E-state index in [0.717, 1.165) is 4.88 Å². The number of ether oxygens (including phenoxy) is 1. The first-order valence-electron chi connectivity index (χ1n) is 4.95. The molecule has 1 N–H and O–H groups in total. The molecular weight excluding hydrogens is 279 g/mol. The Labute approximate surface area is 113 Å². The van der Waals surface area contributed by atoms with Crippen molar-refractivity contribution in [2.75, 3.05) is 0 Å². The number of hydrogen-bond donors (Lipinski definition) is 1. The van der Waals surface area contributed by atoms with Gasteiger partial charge in [0.2, 0.25) is 0 Å². The van der Waals surface area contributed by atoms with E-state index in [0.29, 0.717) is 28.0 Å². The molecule has 0 saturated heterocycles. The molecule has 0 bridgehead atoms. The fourth-order valence-corrected chi connectivity index (χ4v) is 2.66. The number of rotatable bonds is 4. The van der Waals surface area contributed by atoms with Gasteiger partial charge >= 0.3 is 0 Å². The second kappa shape index (κ2) is 5.74. The number of halogens is 2. The zero-order valence-electron chi connectivity index (χ0n) is 8.82. The molecule has 2 nitrogen and oxygen atoms in total. The van der Waals surface area contributed by atoms with Crippen molar-refractivity contribution in [3.05, 3.63) is 50.1 Å². The molecule has 0 fully saturated rings. The summed E-state index contributed by atoms with van der Waals surface area (Å²) < 4.78 is 5.62.